The van der Waals surface area contributed by atoms with E-state index in [2.05, 4.69) is 26.3 Å². The van der Waals surface area contributed by atoms with Crippen LogP contribution in [0.2, 0.25) is 0 Å². The smallest absolute Gasteiger partial charge is 0.260 e. The molecule has 1 aliphatic rings. The van der Waals surface area contributed by atoms with E-state index in [1.807, 2.05) is 23.1 Å². The number of piperazine rings is 1. The maximum absolute atomic E-state index is 12.4. The minimum Gasteiger partial charge on any atom is -0.497 e. The first-order chi connectivity index (χ1) is 13.7. The fourth-order valence-corrected chi connectivity index (χ4v) is 3.20. The van der Waals surface area contributed by atoms with Crippen LogP contribution in [0.4, 0.5) is 0 Å². The van der Waals surface area contributed by atoms with Crippen molar-refractivity contribution in [3.8, 4) is 11.6 Å². The highest BCUT2D eigenvalue weighted by Gasteiger charge is 2.21. The van der Waals surface area contributed by atoms with Crippen LogP contribution < -0.4 is 9.47 Å². The Morgan fingerprint density at radius 3 is 2.82 bits per heavy atom. The first kappa shape index (κ1) is 18.2. The molecule has 3 aromatic rings. The Balaban J connectivity index is 1.25. The van der Waals surface area contributed by atoms with Crippen LogP contribution in [0.5, 0.6) is 11.6 Å². The minimum absolute atomic E-state index is 0.0312. The molecule has 0 saturated carbocycles. The van der Waals surface area contributed by atoms with E-state index in [1.165, 1.54) is 16.4 Å². The number of fused-ring (bicyclic) bond motifs is 1. The number of benzene rings is 1. The molecule has 1 fully saturated rings. The van der Waals surface area contributed by atoms with Gasteiger partial charge in [-0.15, -0.1) is 15.3 Å². The van der Waals surface area contributed by atoms with Gasteiger partial charge in [-0.1, -0.05) is 12.1 Å². The summed E-state index contributed by atoms with van der Waals surface area (Å²) >= 11 is 0. The van der Waals surface area contributed by atoms with Crippen LogP contribution in [0, 0.1) is 0 Å². The van der Waals surface area contributed by atoms with E-state index in [1.54, 1.807) is 19.2 Å². The molecule has 4 rings (SSSR count). The molecular weight excluding hydrogens is 360 g/mol. The van der Waals surface area contributed by atoms with Crippen molar-refractivity contribution in [2.24, 2.45) is 0 Å². The number of methoxy groups -OCH3 is 1. The van der Waals surface area contributed by atoms with E-state index in [0.717, 1.165) is 25.4 Å². The van der Waals surface area contributed by atoms with E-state index < -0.39 is 0 Å². The maximum atomic E-state index is 12.4. The number of rotatable bonds is 6. The van der Waals surface area contributed by atoms with E-state index in [4.69, 9.17) is 9.47 Å². The zero-order valence-corrected chi connectivity index (χ0v) is 15.7. The summed E-state index contributed by atoms with van der Waals surface area (Å²) in [6.45, 7) is 3.84. The predicted molar refractivity (Wildman–Crippen MR) is 101 cm³/mol. The lowest BCUT2D eigenvalue weighted by Crippen LogP contribution is -2.49. The standard InChI is InChI=1S/C19H22N6O3/c1-27-16-4-2-3-15(11-16)12-23-7-9-24(10-8-23)19(26)13-28-18-6-5-17-21-20-14-25(17)22-18/h2-6,11,14H,7-10,12-13H2,1H3. The van der Waals surface area contributed by atoms with Gasteiger partial charge in [-0.3, -0.25) is 9.69 Å². The average Bonchev–Trinajstić information content (AvgIpc) is 3.20. The molecule has 146 valence electrons. The van der Waals surface area contributed by atoms with E-state index >= 15 is 0 Å². The summed E-state index contributed by atoms with van der Waals surface area (Å²) in [7, 11) is 1.67. The van der Waals surface area contributed by atoms with Gasteiger partial charge in [0.15, 0.2) is 12.3 Å². The summed E-state index contributed by atoms with van der Waals surface area (Å²) in [6, 6.07) is 11.5. The van der Waals surface area contributed by atoms with Crippen molar-refractivity contribution in [2.45, 2.75) is 6.54 Å². The maximum Gasteiger partial charge on any atom is 0.260 e. The molecule has 0 spiro atoms. The van der Waals surface area contributed by atoms with Crippen molar-refractivity contribution in [3.05, 3.63) is 48.3 Å². The van der Waals surface area contributed by atoms with Crippen LogP contribution in [-0.4, -0.2) is 75.4 Å². The summed E-state index contributed by atoms with van der Waals surface area (Å²) in [4.78, 5) is 16.6. The second kappa shape index (κ2) is 8.22. The average molecular weight is 382 g/mol. The number of hydrogen-bond acceptors (Lipinski definition) is 7. The summed E-state index contributed by atoms with van der Waals surface area (Å²) in [5.74, 6) is 1.20. The molecule has 0 bridgehead atoms. The van der Waals surface area contributed by atoms with Crippen LogP contribution >= 0.6 is 0 Å². The van der Waals surface area contributed by atoms with Crippen LogP contribution in [0.3, 0.4) is 0 Å². The van der Waals surface area contributed by atoms with Crippen molar-refractivity contribution in [2.75, 3.05) is 39.9 Å². The zero-order valence-electron chi connectivity index (χ0n) is 15.7. The Bertz CT molecular complexity index is 952. The molecule has 1 aliphatic heterocycles. The highest BCUT2D eigenvalue weighted by atomic mass is 16.5. The summed E-state index contributed by atoms with van der Waals surface area (Å²) in [6.07, 6.45) is 1.49. The molecule has 1 aromatic carbocycles. The lowest BCUT2D eigenvalue weighted by atomic mass is 10.2. The highest BCUT2D eigenvalue weighted by molar-refractivity contribution is 5.77. The molecular formula is C19H22N6O3. The Morgan fingerprint density at radius 2 is 2.00 bits per heavy atom. The number of nitrogens with zero attached hydrogens (tertiary/aromatic N) is 6. The molecule has 3 heterocycles. The van der Waals surface area contributed by atoms with Gasteiger partial charge in [0.1, 0.15) is 12.1 Å². The number of aromatic nitrogens is 4. The molecule has 0 atom stereocenters. The van der Waals surface area contributed by atoms with Gasteiger partial charge >= 0.3 is 0 Å². The highest BCUT2D eigenvalue weighted by Crippen LogP contribution is 2.15. The predicted octanol–water partition coefficient (Wildman–Crippen LogP) is 0.856. The normalized spacial score (nSPS) is 15.0. The topological polar surface area (TPSA) is 85.1 Å². The van der Waals surface area contributed by atoms with Crippen molar-refractivity contribution >= 4 is 11.6 Å². The fourth-order valence-electron chi connectivity index (χ4n) is 3.20. The monoisotopic (exact) mass is 382 g/mol. The lowest BCUT2D eigenvalue weighted by Gasteiger charge is -2.34. The first-order valence-corrected chi connectivity index (χ1v) is 9.14. The van der Waals surface area contributed by atoms with E-state index in [9.17, 15) is 4.79 Å². The minimum atomic E-state index is -0.0355. The number of ether oxygens (including phenoxy) is 2. The molecule has 0 N–H and O–H groups in total. The lowest BCUT2D eigenvalue weighted by molar-refractivity contribution is -0.135. The van der Waals surface area contributed by atoms with Gasteiger partial charge in [0.2, 0.25) is 5.88 Å². The largest absolute Gasteiger partial charge is 0.497 e. The Kier molecular flexibility index (Phi) is 5.34. The first-order valence-electron chi connectivity index (χ1n) is 9.14. The Morgan fingerprint density at radius 1 is 1.14 bits per heavy atom. The van der Waals surface area contributed by atoms with Crippen LogP contribution in [0.25, 0.3) is 5.65 Å². The fraction of sp³-hybridized carbons (Fsp3) is 0.368. The van der Waals surface area contributed by atoms with Crippen molar-refractivity contribution < 1.29 is 14.3 Å². The van der Waals surface area contributed by atoms with Crippen LogP contribution in [0.1, 0.15) is 5.56 Å². The van der Waals surface area contributed by atoms with Gasteiger partial charge in [-0.2, -0.15) is 4.52 Å². The second-order valence-electron chi connectivity index (χ2n) is 6.60. The van der Waals surface area contributed by atoms with Crippen molar-refractivity contribution in [1.82, 2.24) is 29.6 Å². The summed E-state index contributed by atoms with van der Waals surface area (Å²) in [5, 5.41) is 11.9. The van der Waals surface area contributed by atoms with Gasteiger partial charge in [0.25, 0.3) is 5.91 Å². The summed E-state index contributed by atoms with van der Waals surface area (Å²) in [5.41, 5.74) is 1.84. The third kappa shape index (κ3) is 4.20. The van der Waals surface area contributed by atoms with E-state index in [-0.39, 0.29) is 12.5 Å². The van der Waals surface area contributed by atoms with Crippen LogP contribution in [0.15, 0.2) is 42.7 Å². The molecule has 0 unspecified atom stereocenters. The third-order valence-electron chi connectivity index (χ3n) is 4.75. The van der Waals surface area contributed by atoms with Crippen LogP contribution in [-0.2, 0) is 11.3 Å². The van der Waals surface area contributed by atoms with Gasteiger partial charge in [0.05, 0.1) is 7.11 Å². The Labute approximate surface area is 162 Å². The second-order valence-corrected chi connectivity index (χ2v) is 6.60. The number of amides is 1. The molecule has 1 saturated heterocycles. The molecule has 1 amide bonds. The van der Waals surface area contributed by atoms with E-state index in [0.29, 0.717) is 24.6 Å². The van der Waals surface area contributed by atoms with Gasteiger partial charge < -0.3 is 14.4 Å². The number of carbonyl (C=O) groups excluding carboxylic acids is 1. The molecule has 9 heteroatoms. The van der Waals surface area contributed by atoms with Gasteiger partial charge in [-0.05, 0) is 23.8 Å². The zero-order chi connectivity index (χ0) is 19.3. The summed E-state index contributed by atoms with van der Waals surface area (Å²) < 4.78 is 12.3. The van der Waals surface area contributed by atoms with Gasteiger partial charge in [-0.25, -0.2) is 0 Å². The molecule has 2 aromatic heterocycles. The van der Waals surface area contributed by atoms with Gasteiger partial charge in [0, 0.05) is 38.8 Å². The quantitative estimate of drug-likeness (QED) is 0.625. The Hall–Kier alpha value is -3.20. The van der Waals surface area contributed by atoms with Crippen molar-refractivity contribution in [3.63, 3.8) is 0 Å². The molecule has 0 radical (unpaired) electrons. The van der Waals surface area contributed by atoms with Crippen molar-refractivity contribution in [1.29, 1.82) is 0 Å². The molecule has 28 heavy (non-hydrogen) atoms. The third-order valence-corrected chi connectivity index (χ3v) is 4.75. The SMILES string of the molecule is COc1cccc(CN2CCN(C(=O)COc3ccc4nncn4n3)CC2)c1. The number of carbonyl (C=O) groups is 1. The molecule has 9 nitrogen and oxygen atoms in total. The number of hydrogen-bond donors (Lipinski definition) is 0. The molecule has 0 aliphatic carbocycles.